The highest BCUT2D eigenvalue weighted by Gasteiger charge is 2.40. The van der Waals surface area contributed by atoms with Crippen molar-refractivity contribution in [3.63, 3.8) is 0 Å². The van der Waals surface area contributed by atoms with Crippen molar-refractivity contribution in [2.24, 2.45) is 23.2 Å². The highest BCUT2D eigenvalue weighted by Crippen LogP contribution is 2.51. The number of carbonyl (C=O) groups excluding carboxylic acids is 4. The summed E-state index contributed by atoms with van der Waals surface area (Å²) >= 11 is 0. The minimum Gasteiger partial charge on any atom is -0.367 e. The van der Waals surface area contributed by atoms with Gasteiger partial charge in [0.2, 0.25) is 12.2 Å². The molecule has 3 amide bonds. The summed E-state index contributed by atoms with van der Waals surface area (Å²) in [6.07, 6.45) is 14.3. The van der Waals surface area contributed by atoms with Gasteiger partial charge in [0.1, 0.15) is 5.69 Å². The van der Waals surface area contributed by atoms with Crippen LogP contribution in [0.15, 0.2) is 35.5 Å². The molecule has 2 fully saturated rings. The number of pyridine rings is 1. The van der Waals surface area contributed by atoms with Crippen molar-refractivity contribution in [3.8, 4) is 0 Å². The van der Waals surface area contributed by atoms with E-state index >= 15 is 0 Å². The summed E-state index contributed by atoms with van der Waals surface area (Å²) in [6.45, 7) is 15.7. The Kier molecular flexibility index (Phi) is 13.0. The number of aromatic nitrogens is 2. The standard InChI is InChI=1S/C19H28N2O2.C17H27N3O3/c1-14-8-15-10-16(9-14)12-19(2,11-15)5-7-21-6-3-4-17(18(21)23)20-13-22;1-6-19-16(23)14(21)8-7-11(2)20-15(22)12-9-18-10-13(12)17(3,4)5/h3-4,6,13-16H,5,7-12H2,1-2H3,(H,20,22);9-11,18H,6-8H2,1-5H3,(H,19,23)(H,20,22). The maximum atomic E-state index is 12.4. The predicted molar refractivity (Wildman–Crippen MR) is 182 cm³/mol. The largest absolute Gasteiger partial charge is 0.367 e. The zero-order valence-electron chi connectivity index (χ0n) is 28.8. The summed E-state index contributed by atoms with van der Waals surface area (Å²) in [7, 11) is 0. The third-order valence-electron chi connectivity index (χ3n) is 9.46. The van der Waals surface area contributed by atoms with Crippen LogP contribution in [0.1, 0.15) is 116 Å². The topological polar surface area (TPSA) is 142 Å². The van der Waals surface area contributed by atoms with Gasteiger partial charge in [-0.1, -0.05) is 34.6 Å². The summed E-state index contributed by atoms with van der Waals surface area (Å²) in [5, 5.41) is 7.84. The lowest BCUT2D eigenvalue weighted by molar-refractivity contribution is -0.137. The Bertz CT molecular complexity index is 1390. The molecule has 2 aliphatic rings. The molecule has 0 saturated heterocycles. The van der Waals surface area contributed by atoms with Gasteiger partial charge in [0, 0.05) is 44.1 Å². The maximum absolute atomic E-state index is 12.4. The predicted octanol–water partition coefficient (Wildman–Crippen LogP) is 5.58. The maximum Gasteiger partial charge on any atom is 0.287 e. The summed E-state index contributed by atoms with van der Waals surface area (Å²) in [5.41, 5.74) is 2.03. The minimum absolute atomic E-state index is 0.104. The first-order valence-corrected chi connectivity index (χ1v) is 16.8. The lowest BCUT2D eigenvalue weighted by Gasteiger charge is -2.47. The monoisotopic (exact) mass is 637 g/mol. The number of hydrogen-bond acceptors (Lipinski definition) is 5. The van der Waals surface area contributed by atoms with Gasteiger partial charge in [0.25, 0.3) is 17.4 Å². The number of fused-ring (bicyclic) bond motifs is 2. The van der Waals surface area contributed by atoms with Crippen LogP contribution >= 0.6 is 0 Å². The fourth-order valence-corrected chi connectivity index (χ4v) is 7.46. The number of nitrogens with one attached hydrogen (secondary N) is 4. The quantitative estimate of drug-likeness (QED) is 0.178. The van der Waals surface area contributed by atoms with Gasteiger partial charge in [0.15, 0.2) is 0 Å². The Morgan fingerprint density at radius 1 is 1.13 bits per heavy atom. The van der Waals surface area contributed by atoms with Crippen LogP contribution in [-0.2, 0) is 26.3 Å². The highest BCUT2D eigenvalue weighted by atomic mass is 16.2. The number of anilines is 1. The second kappa shape index (κ2) is 16.2. The number of amides is 3. The number of aryl methyl sites for hydroxylation is 1. The molecule has 0 aliphatic heterocycles. The summed E-state index contributed by atoms with van der Waals surface area (Å²) in [4.78, 5) is 61.2. The molecule has 0 spiro atoms. The van der Waals surface area contributed by atoms with Crippen molar-refractivity contribution >= 4 is 29.7 Å². The molecule has 3 atom stereocenters. The number of rotatable bonds is 12. The molecule has 0 radical (unpaired) electrons. The Hall–Kier alpha value is -3.69. The molecule has 3 unspecified atom stereocenters. The van der Waals surface area contributed by atoms with Crippen LogP contribution in [0.3, 0.4) is 0 Å². The van der Waals surface area contributed by atoms with E-state index in [2.05, 4.69) is 34.8 Å². The van der Waals surface area contributed by atoms with E-state index in [1.54, 1.807) is 23.8 Å². The van der Waals surface area contributed by atoms with Gasteiger partial charge in [-0.2, -0.15) is 0 Å². The van der Waals surface area contributed by atoms with E-state index < -0.39 is 11.7 Å². The average Bonchev–Trinajstić information content (AvgIpc) is 3.48. The second-order valence-corrected chi connectivity index (χ2v) is 14.9. The smallest absolute Gasteiger partial charge is 0.287 e. The van der Waals surface area contributed by atoms with Crippen molar-refractivity contribution < 1.29 is 19.2 Å². The van der Waals surface area contributed by atoms with Crippen LogP contribution < -0.4 is 21.5 Å². The number of carbonyl (C=O) groups is 4. The molecule has 4 rings (SSSR count). The SMILES string of the molecule is CC1CC2CC(C1)CC(C)(CCn1cccc(NC=O)c1=O)C2.CCNC(=O)C(=O)CCC(C)NC(=O)c1c[nH]cc1C(C)(C)C. The third-order valence-corrected chi connectivity index (χ3v) is 9.46. The Morgan fingerprint density at radius 3 is 2.41 bits per heavy atom. The molecular weight excluding hydrogens is 582 g/mol. The van der Waals surface area contributed by atoms with Gasteiger partial charge in [0.05, 0.1) is 5.56 Å². The van der Waals surface area contributed by atoms with Gasteiger partial charge in [-0.3, -0.25) is 24.0 Å². The van der Waals surface area contributed by atoms with Crippen molar-refractivity contribution in [2.75, 3.05) is 11.9 Å². The van der Waals surface area contributed by atoms with E-state index in [9.17, 15) is 24.0 Å². The van der Waals surface area contributed by atoms with Crippen LogP contribution in [0.25, 0.3) is 0 Å². The normalized spacial score (nSPS) is 22.9. The summed E-state index contributed by atoms with van der Waals surface area (Å²) in [5.74, 6) is 1.45. The molecule has 4 N–H and O–H groups in total. The first kappa shape index (κ1) is 36.8. The lowest BCUT2D eigenvalue weighted by Crippen LogP contribution is -2.37. The van der Waals surface area contributed by atoms with Crippen LogP contribution in [0.4, 0.5) is 5.69 Å². The zero-order valence-corrected chi connectivity index (χ0v) is 28.8. The Balaban J connectivity index is 0.000000250. The molecule has 2 aromatic heterocycles. The van der Waals surface area contributed by atoms with Crippen LogP contribution in [0.2, 0.25) is 0 Å². The number of hydrogen-bond donors (Lipinski definition) is 4. The zero-order chi connectivity index (χ0) is 34.1. The van der Waals surface area contributed by atoms with E-state index in [-0.39, 0.29) is 29.3 Å². The van der Waals surface area contributed by atoms with E-state index in [1.807, 2.05) is 46.2 Å². The minimum atomic E-state index is -0.563. The van der Waals surface area contributed by atoms with Crippen molar-refractivity contribution in [2.45, 2.75) is 118 Å². The fourth-order valence-electron chi connectivity index (χ4n) is 7.46. The van der Waals surface area contributed by atoms with Gasteiger partial charge in [-0.25, -0.2) is 0 Å². The Labute approximate surface area is 273 Å². The van der Waals surface area contributed by atoms with E-state index in [1.165, 1.54) is 32.1 Å². The average molecular weight is 638 g/mol. The Morgan fingerprint density at radius 2 is 1.80 bits per heavy atom. The molecule has 2 bridgehead atoms. The van der Waals surface area contributed by atoms with Crippen molar-refractivity contribution in [1.82, 2.24) is 20.2 Å². The molecule has 2 aliphatic carbocycles. The third kappa shape index (κ3) is 10.4. The van der Waals surface area contributed by atoms with Crippen molar-refractivity contribution in [1.29, 1.82) is 0 Å². The first-order chi connectivity index (χ1) is 21.7. The number of Topliss-reactive ketones (excluding diaryl/α,β-unsaturated/α-hetero) is 1. The number of ketones is 1. The molecule has 10 nitrogen and oxygen atoms in total. The summed E-state index contributed by atoms with van der Waals surface area (Å²) in [6, 6.07) is 3.29. The van der Waals surface area contributed by atoms with Crippen LogP contribution in [-0.4, -0.2) is 46.1 Å². The molecule has 2 heterocycles. The van der Waals surface area contributed by atoms with Gasteiger partial charge in [-0.15, -0.1) is 0 Å². The molecular formula is C36H55N5O5. The highest BCUT2D eigenvalue weighted by molar-refractivity contribution is 6.36. The molecule has 46 heavy (non-hydrogen) atoms. The molecule has 0 aromatic carbocycles. The van der Waals surface area contributed by atoms with E-state index in [0.717, 1.165) is 36.3 Å². The van der Waals surface area contributed by atoms with E-state index in [0.29, 0.717) is 36.0 Å². The number of H-pyrrole nitrogens is 1. The molecule has 2 aromatic rings. The van der Waals surface area contributed by atoms with Gasteiger partial charge in [-0.05, 0) is 105 Å². The molecule has 10 heteroatoms. The van der Waals surface area contributed by atoms with E-state index in [4.69, 9.17) is 0 Å². The number of likely N-dealkylation sites (N-methyl/N-ethyl adjacent to an activating group) is 1. The molecule has 2 saturated carbocycles. The van der Waals surface area contributed by atoms with Crippen LogP contribution in [0, 0.1) is 23.2 Å². The number of nitrogens with zero attached hydrogens (tertiary/aromatic N) is 1. The molecule has 254 valence electrons. The lowest BCUT2D eigenvalue weighted by atomic mass is 9.58. The van der Waals surface area contributed by atoms with Gasteiger partial charge >= 0.3 is 0 Å². The summed E-state index contributed by atoms with van der Waals surface area (Å²) < 4.78 is 1.74. The van der Waals surface area contributed by atoms with Crippen molar-refractivity contribution in [3.05, 3.63) is 52.2 Å². The van der Waals surface area contributed by atoms with Crippen LogP contribution in [0.5, 0.6) is 0 Å². The first-order valence-electron chi connectivity index (χ1n) is 16.8. The fraction of sp³-hybridized carbons (Fsp3) is 0.639. The second-order valence-electron chi connectivity index (χ2n) is 14.9. The van der Waals surface area contributed by atoms with Gasteiger partial charge < -0.3 is 25.5 Å². The number of aromatic amines is 1.